The van der Waals surface area contributed by atoms with Crippen LogP contribution in [0.25, 0.3) is 0 Å². The Labute approximate surface area is 141 Å². The summed E-state index contributed by atoms with van der Waals surface area (Å²) in [5.41, 5.74) is 13.7. The number of H-pyrrole nitrogens is 1. The van der Waals surface area contributed by atoms with E-state index in [0.29, 0.717) is 22.9 Å². The van der Waals surface area contributed by atoms with Gasteiger partial charge in [-0.25, -0.2) is 0 Å². The molecular formula is C19H21N3O2. The smallest absolute Gasteiger partial charge is 0.131 e. The summed E-state index contributed by atoms with van der Waals surface area (Å²) in [6.07, 6.45) is 4.72. The van der Waals surface area contributed by atoms with E-state index in [4.69, 9.17) is 20.9 Å². The average Bonchev–Trinajstić information content (AvgIpc) is 3.11. The molecule has 3 aromatic rings. The van der Waals surface area contributed by atoms with E-state index in [0.717, 1.165) is 17.7 Å². The van der Waals surface area contributed by atoms with Gasteiger partial charge in [-0.15, -0.1) is 0 Å². The summed E-state index contributed by atoms with van der Waals surface area (Å²) in [5.74, 6) is 2.07. The molecule has 0 aliphatic rings. The highest BCUT2D eigenvalue weighted by atomic mass is 16.5. The van der Waals surface area contributed by atoms with Gasteiger partial charge in [-0.2, -0.15) is 0 Å². The van der Waals surface area contributed by atoms with Gasteiger partial charge in [0.15, 0.2) is 0 Å². The molecule has 0 aliphatic heterocycles. The third-order valence-electron chi connectivity index (χ3n) is 3.74. The number of benzene rings is 2. The summed E-state index contributed by atoms with van der Waals surface area (Å²) in [7, 11) is 0. The number of rotatable bonds is 6. The molecule has 0 amide bonds. The highest BCUT2D eigenvalue weighted by molar-refractivity contribution is 5.65. The number of aromatic nitrogens is 1. The molecule has 1 heterocycles. The van der Waals surface area contributed by atoms with Crippen molar-refractivity contribution in [2.45, 2.75) is 19.4 Å². The second-order valence-corrected chi connectivity index (χ2v) is 5.53. The predicted octanol–water partition coefficient (Wildman–Crippen LogP) is 4.50. The number of nitrogens with two attached hydrogens (primary N) is 2. The van der Waals surface area contributed by atoms with Crippen LogP contribution in [0, 0.1) is 0 Å². The quantitative estimate of drug-likeness (QED) is 0.583. The molecule has 0 fully saturated rings. The molecule has 5 heteroatoms. The van der Waals surface area contributed by atoms with Gasteiger partial charge in [0.25, 0.3) is 0 Å². The summed E-state index contributed by atoms with van der Waals surface area (Å²) >= 11 is 0. The van der Waals surface area contributed by atoms with Crippen molar-refractivity contribution in [3.8, 4) is 17.2 Å². The SMILES string of the molecule is CCC(Oc1cccc(Oc2ccc(N)c(N)c2)c1)c1cc[nH]c1. The van der Waals surface area contributed by atoms with Crippen LogP contribution >= 0.6 is 0 Å². The van der Waals surface area contributed by atoms with E-state index >= 15 is 0 Å². The first-order valence-electron chi connectivity index (χ1n) is 7.88. The molecule has 3 rings (SSSR count). The molecule has 0 saturated carbocycles. The molecule has 1 aromatic heterocycles. The van der Waals surface area contributed by atoms with Crippen molar-refractivity contribution in [3.63, 3.8) is 0 Å². The van der Waals surface area contributed by atoms with E-state index < -0.39 is 0 Å². The number of anilines is 2. The predicted molar refractivity (Wildman–Crippen MR) is 96.2 cm³/mol. The van der Waals surface area contributed by atoms with Crippen LogP contribution in [-0.4, -0.2) is 4.98 Å². The molecule has 0 bridgehead atoms. The zero-order valence-corrected chi connectivity index (χ0v) is 13.5. The zero-order chi connectivity index (χ0) is 16.9. The Balaban J connectivity index is 1.75. The number of nitrogen functional groups attached to an aromatic ring is 2. The monoisotopic (exact) mass is 323 g/mol. The molecule has 124 valence electrons. The molecule has 1 unspecified atom stereocenters. The van der Waals surface area contributed by atoms with Gasteiger partial charge in [0.05, 0.1) is 11.4 Å². The molecule has 0 aliphatic carbocycles. The Morgan fingerprint density at radius 3 is 2.46 bits per heavy atom. The van der Waals surface area contributed by atoms with E-state index in [1.165, 1.54) is 0 Å². The first kappa shape index (κ1) is 15.8. The van der Waals surface area contributed by atoms with Gasteiger partial charge in [-0.3, -0.25) is 0 Å². The van der Waals surface area contributed by atoms with Crippen LogP contribution in [0.5, 0.6) is 17.2 Å². The second kappa shape index (κ2) is 7.00. The molecule has 0 saturated heterocycles. The lowest BCUT2D eigenvalue weighted by Crippen LogP contribution is -2.05. The Kier molecular flexibility index (Phi) is 4.61. The van der Waals surface area contributed by atoms with Crippen LogP contribution in [0.15, 0.2) is 60.9 Å². The largest absolute Gasteiger partial charge is 0.486 e. The second-order valence-electron chi connectivity index (χ2n) is 5.53. The van der Waals surface area contributed by atoms with Crippen LogP contribution in [-0.2, 0) is 0 Å². The number of hydrogen-bond donors (Lipinski definition) is 3. The lowest BCUT2D eigenvalue weighted by Gasteiger charge is -2.17. The van der Waals surface area contributed by atoms with Crippen LogP contribution in [0.1, 0.15) is 25.0 Å². The first-order valence-corrected chi connectivity index (χ1v) is 7.88. The molecule has 5 nitrogen and oxygen atoms in total. The van der Waals surface area contributed by atoms with E-state index in [1.54, 1.807) is 18.2 Å². The van der Waals surface area contributed by atoms with Gasteiger partial charge < -0.3 is 25.9 Å². The molecule has 2 aromatic carbocycles. The molecule has 5 N–H and O–H groups in total. The van der Waals surface area contributed by atoms with Crippen molar-refractivity contribution in [2.24, 2.45) is 0 Å². The topological polar surface area (TPSA) is 86.3 Å². The first-order chi connectivity index (χ1) is 11.7. The van der Waals surface area contributed by atoms with Gasteiger partial charge >= 0.3 is 0 Å². The van der Waals surface area contributed by atoms with Crippen molar-refractivity contribution in [1.82, 2.24) is 4.98 Å². The van der Waals surface area contributed by atoms with Crippen molar-refractivity contribution in [2.75, 3.05) is 11.5 Å². The maximum Gasteiger partial charge on any atom is 0.131 e. The van der Waals surface area contributed by atoms with E-state index in [1.807, 2.05) is 42.7 Å². The normalized spacial score (nSPS) is 11.9. The van der Waals surface area contributed by atoms with E-state index in [-0.39, 0.29) is 6.10 Å². The minimum Gasteiger partial charge on any atom is -0.486 e. The fourth-order valence-electron chi connectivity index (χ4n) is 2.45. The number of ether oxygens (including phenoxy) is 2. The highest BCUT2D eigenvalue weighted by Crippen LogP contribution is 2.31. The molecular weight excluding hydrogens is 302 g/mol. The van der Waals surface area contributed by atoms with Crippen LogP contribution in [0.4, 0.5) is 11.4 Å². The molecule has 24 heavy (non-hydrogen) atoms. The van der Waals surface area contributed by atoms with E-state index in [9.17, 15) is 0 Å². The number of aromatic amines is 1. The summed E-state index contributed by atoms with van der Waals surface area (Å²) in [5, 5.41) is 0. The minimum absolute atomic E-state index is 0.00123. The summed E-state index contributed by atoms with van der Waals surface area (Å²) in [4.78, 5) is 3.06. The Morgan fingerprint density at radius 1 is 0.958 bits per heavy atom. The van der Waals surface area contributed by atoms with Gasteiger partial charge in [0.1, 0.15) is 23.4 Å². The lowest BCUT2D eigenvalue weighted by molar-refractivity contribution is 0.201. The van der Waals surface area contributed by atoms with Crippen molar-refractivity contribution in [1.29, 1.82) is 0 Å². The maximum atomic E-state index is 6.08. The van der Waals surface area contributed by atoms with Gasteiger partial charge in [-0.05, 0) is 36.8 Å². The molecule has 0 spiro atoms. The zero-order valence-electron chi connectivity index (χ0n) is 13.5. The summed E-state index contributed by atoms with van der Waals surface area (Å²) in [6.45, 7) is 2.09. The van der Waals surface area contributed by atoms with E-state index in [2.05, 4.69) is 11.9 Å². The lowest BCUT2D eigenvalue weighted by atomic mass is 10.1. The Morgan fingerprint density at radius 2 is 1.75 bits per heavy atom. The standard InChI is InChI=1S/C19H21N3O2/c1-2-19(13-8-9-22-12-13)24-15-5-3-4-14(10-15)23-16-6-7-17(20)18(21)11-16/h3-12,19,22H,2,20-21H2,1H3. The third kappa shape index (κ3) is 3.63. The average molecular weight is 323 g/mol. The van der Waals surface area contributed by atoms with Gasteiger partial charge in [-0.1, -0.05) is 13.0 Å². The summed E-state index contributed by atoms with van der Waals surface area (Å²) < 4.78 is 11.9. The van der Waals surface area contributed by atoms with Crippen molar-refractivity contribution >= 4 is 11.4 Å². The summed E-state index contributed by atoms with van der Waals surface area (Å²) in [6, 6.07) is 14.8. The fourth-order valence-corrected chi connectivity index (χ4v) is 2.45. The fraction of sp³-hybridized carbons (Fsp3) is 0.158. The minimum atomic E-state index is -0.00123. The van der Waals surface area contributed by atoms with Crippen LogP contribution < -0.4 is 20.9 Å². The number of hydrogen-bond acceptors (Lipinski definition) is 4. The Hall–Kier alpha value is -3.08. The van der Waals surface area contributed by atoms with Crippen LogP contribution in [0.2, 0.25) is 0 Å². The number of nitrogens with one attached hydrogen (secondary N) is 1. The maximum absolute atomic E-state index is 6.08. The van der Waals surface area contributed by atoms with Crippen molar-refractivity contribution < 1.29 is 9.47 Å². The van der Waals surface area contributed by atoms with Gasteiger partial charge in [0.2, 0.25) is 0 Å². The third-order valence-corrected chi connectivity index (χ3v) is 3.74. The molecule has 0 radical (unpaired) electrons. The molecule has 1 atom stereocenters. The Bertz CT molecular complexity index is 800. The van der Waals surface area contributed by atoms with Gasteiger partial charge in [0, 0.05) is 30.1 Å². The van der Waals surface area contributed by atoms with Crippen molar-refractivity contribution in [3.05, 3.63) is 66.5 Å². The highest BCUT2D eigenvalue weighted by Gasteiger charge is 2.12. The van der Waals surface area contributed by atoms with Crippen LogP contribution in [0.3, 0.4) is 0 Å².